The summed E-state index contributed by atoms with van der Waals surface area (Å²) < 4.78 is 6.00. The van der Waals surface area contributed by atoms with Gasteiger partial charge in [0.05, 0.1) is 18.3 Å². The number of benzene rings is 2. The Hall–Kier alpha value is -1.69. The fourth-order valence-electron chi connectivity index (χ4n) is 2.77. The molecule has 0 aromatic heterocycles. The summed E-state index contributed by atoms with van der Waals surface area (Å²) in [5.74, 6) is -0.299. The molecule has 1 fully saturated rings. The maximum Gasteiger partial charge on any atom is 0.357 e. The first-order valence-electron chi connectivity index (χ1n) is 8.52. The van der Waals surface area contributed by atoms with Crippen LogP contribution < -0.4 is 0 Å². The minimum atomic E-state index is -0.299. The van der Waals surface area contributed by atoms with Crippen molar-refractivity contribution in [2.24, 2.45) is 0 Å². The number of nitrogens with zero attached hydrogens (tertiary/aromatic N) is 1. The highest BCUT2D eigenvalue weighted by Gasteiger charge is 2.23. The number of hydroxylamine groups is 2. The first-order chi connectivity index (χ1) is 12.2. The molecule has 0 atom stereocenters. The summed E-state index contributed by atoms with van der Waals surface area (Å²) in [4.78, 5) is 17.5. The first-order valence-corrected chi connectivity index (χ1v) is 9.64. The Morgan fingerprint density at radius 2 is 1.64 bits per heavy atom. The number of halogens is 1. The molecule has 0 saturated carbocycles. The second-order valence-electron chi connectivity index (χ2n) is 6.13. The van der Waals surface area contributed by atoms with Crippen LogP contribution in [-0.4, -0.2) is 30.2 Å². The van der Waals surface area contributed by atoms with E-state index < -0.39 is 0 Å². The molecular weight excluding hydrogens is 382 g/mol. The van der Waals surface area contributed by atoms with Gasteiger partial charge < -0.3 is 9.57 Å². The van der Waals surface area contributed by atoms with E-state index in [0.29, 0.717) is 25.3 Å². The average Bonchev–Trinajstić information content (AvgIpc) is 2.68. The molecule has 3 rings (SSSR count). The summed E-state index contributed by atoms with van der Waals surface area (Å²) in [6, 6.07) is 17.5. The molecule has 2 aromatic rings. The lowest BCUT2D eigenvalue weighted by atomic mass is 10.1. The van der Waals surface area contributed by atoms with Crippen LogP contribution in [0.3, 0.4) is 0 Å². The molecule has 132 valence electrons. The van der Waals surface area contributed by atoms with Crippen molar-refractivity contribution in [3.63, 3.8) is 0 Å². The zero-order chi connectivity index (χ0) is 17.5. The van der Waals surface area contributed by atoms with Crippen LogP contribution in [0.25, 0.3) is 0 Å². The second kappa shape index (κ2) is 9.13. The lowest BCUT2D eigenvalue weighted by Gasteiger charge is -2.30. The normalized spacial score (nSPS) is 15.9. The van der Waals surface area contributed by atoms with Gasteiger partial charge in [0, 0.05) is 18.4 Å². The van der Waals surface area contributed by atoms with E-state index in [2.05, 4.69) is 40.2 Å². The van der Waals surface area contributed by atoms with Gasteiger partial charge in [0.15, 0.2) is 0 Å². The molecule has 25 heavy (non-hydrogen) atoms. The SMILES string of the molecule is O=C(ON1CCC(OCc2ccc(CBr)cc2)CC1)c1ccccc1. The minimum Gasteiger partial charge on any atom is -0.373 e. The third kappa shape index (κ3) is 5.39. The highest BCUT2D eigenvalue weighted by Crippen LogP contribution is 2.17. The van der Waals surface area contributed by atoms with Crippen molar-refractivity contribution < 1.29 is 14.4 Å². The first kappa shape index (κ1) is 18.1. The summed E-state index contributed by atoms with van der Waals surface area (Å²) in [5.41, 5.74) is 3.02. The number of carbonyl (C=O) groups is 1. The van der Waals surface area contributed by atoms with Gasteiger partial charge in [-0.25, -0.2) is 4.79 Å². The third-order valence-corrected chi connectivity index (χ3v) is 4.93. The van der Waals surface area contributed by atoms with Crippen LogP contribution in [-0.2, 0) is 21.5 Å². The standard InChI is InChI=1S/C20H22BrNO3/c21-14-16-6-8-17(9-7-16)15-24-19-10-12-22(13-11-19)25-20(23)18-4-2-1-3-5-18/h1-9,19H,10-15H2. The summed E-state index contributed by atoms with van der Waals surface area (Å²) in [6.07, 6.45) is 1.94. The largest absolute Gasteiger partial charge is 0.373 e. The molecule has 0 bridgehead atoms. The maximum atomic E-state index is 12.1. The van der Waals surface area contributed by atoms with Crippen LogP contribution in [0.5, 0.6) is 0 Å². The summed E-state index contributed by atoms with van der Waals surface area (Å²) in [5, 5.41) is 2.61. The van der Waals surface area contributed by atoms with Crippen molar-refractivity contribution in [2.45, 2.75) is 30.9 Å². The Morgan fingerprint density at radius 1 is 1.00 bits per heavy atom. The Morgan fingerprint density at radius 3 is 2.28 bits per heavy atom. The lowest BCUT2D eigenvalue weighted by molar-refractivity contribution is -0.141. The highest BCUT2D eigenvalue weighted by molar-refractivity contribution is 9.08. The Balaban J connectivity index is 1.40. The van der Waals surface area contributed by atoms with Crippen LogP contribution in [0.15, 0.2) is 54.6 Å². The molecule has 1 aliphatic heterocycles. The highest BCUT2D eigenvalue weighted by atomic mass is 79.9. The van der Waals surface area contributed by atoms with Gasteiger partial charge in [-0.05, 0) is 36.1 Å². The van der Waals surface area contributed by atoms with Crippen LogP contribution in [0.2, 0.25) is 0 Å². The second-order valence-corrected chi connectivity index (χ2v) is 6.70. The number of piperidine rings is 1. The predicted octanol–water partition coefficient (Wildman–Crippen LogP) is 4.33. The number of carbonyl (C=O) groups excluding carboxylic acids is 1. The molecule has 0 spiro atoms. The predicted molar refractivity (Wildman–Crippen MR) is 100 cm³/mol. The summed E-state index contributed by atoms with van der Waals surface area (Å²) >= 11 is 3.45. The van der Waals surface area contributed by atoms with Crippen molar-refractivity contribution in [1.82, 2.24) is 5.06 Å². The van der Waals surface area contributed by atoms with E-state index in [1.807, 2.05) is 18.2 Å². The third-order valence-electron chi connectivity index (χ3n) is 4.29. The fourth-order valence-corrected chi connectivity index (χ4v) is 3.15. The van der Waals surface area contributed by atoms with Crippen LogP contribution in [0.1, 0.15) is 34.3 Å². The fraction of sp³-hybridized carbons (Fsp3) is 0.350. The molecule has 4 nitrogen and oxygen atoms in total. The molecular formula is C20H22BrNO3. The van der Waals surface area contributed by atoms with Gasteiger partial charge in [-0.2, -0.15) is 0 Å². The van der Waals surface area contributed by atoms with Gasteiger partial charge in [-0.3, -0.25) is 0 Å². The quantitative estimate of drug-likeness (QED) is 0.672. The van der Waals surface area contributed by atoms with Gasteiger partial charge in [0.2, 0.25) is 0 Å². The van der Waals surface area contributed by atoms with Gasteiger partial charge in [0.25, 0.3) is 0 Å². The summed E-state index contributed by atoms with van der Waals surface area (Å²) in [6.45, 7) is 2.02. The van der Waals surface area contributed by atoms with E-state index >= 15 is 0 Å². The topological polar surface area (TPSA) is 38.8 Å². The number of rotatable bonds is 6. The van der Waals surface area contributed by atoms with Crippen molar-refractivity contribution >= 4 is 21.9 Å². The van der Waals surface area contributed by atoms with Gasteiger partial charge in [-0.1, -0.05) is 58.4 Å². The van der Waals surface area contributed by atoms with E-state index in [4.69, 9.17) is 9.57 Å². The Kier molecular flexibility index (Phi) is 6.62. The van der Waals surface area contributed by atoms with Crippen LogP contribution in [0, 0.1) is 0 Å². The van der Waals surface area contributed by atoms with Crippen molar-refractivity contribution in [3.8, 4) is 0 Å². The van der Waals surface area contributed by atoms with Crippen molar-refractivity contribution in [2.75, 3.05) is 13.1 Å². The van der Waals surface area contributed by atoms with Gasteiger partial charge in [-0.15, -0.1) is 5.06 Å². The number of ether oxygens (including phenoxy) is 1. The van der Waals surface area contributed by atoms with E-state index in [9.17, 15) is 4.79 Å². The number of hydrogen-bond acceptors (Lipinski definition) is 4. The number of alkyl halides is 1. The molecule has 1 saturated heterocycles. The Labute approximate surface area is 156 Å². The van der Waals surface area contributed by atoms with E-state index in [1.54, 1.807) is 17.2 Å². The van der Waals surface area contributed by atoms with Gasteiger partial charge in [0.1, 0.15) is 0 Å². The van der Waals surface area contributed by atoms with Crippen LogP contribution >= 0.6 is 15.9 Å². The lowest BCUT2D eigenvalue weighted by Crippen LogP contribution is -2.38. The molecule has 0 unspecified atom stereocenters. The van der Waals surface area contributed by atoms with E-state index in [0.717, 1.165) is 18.2 Å². The molecule has 5 heteroatoms. The van der Waals surface area contributed by atoms with E-state index in [-0.39, 0.29) is 12.1 Å². The van der Waals surface area contributed by atoms with Crippen molar-refractivity contribution in [1.29, 1.82) is 0 Å². The number of hydrogen-bond donors (Lipinski definition) is 0. The van der Waals surface area contributed by atoms with E-state index in [1.165, 1.54) is 11.1 Å². The molecule has 1 heterocycles. The summed E-state index contributed by atoms with van der Waals surface area (Å²) in [7, 11) is 0. The smallest absolute Gasteiger partial charge is 0.357 e. The Bertz CT molecular complexity index is 667. The zero-order valence-corrected chi connectivity index (χ0v) is 15.7. The van der Waals surface area contributed by atoms with Crippen LogP contribution in [0.4, 0.5) is 0 Å². The molecule has 1 aliphatic rings. The molecule has 0 N–H and O–H groups in total. The molecule has 2 aromatic carbocycles. The average molecular weight is 404 g/mol. The monoisotopic (exact) mass is 403 g/mol. The molecule has 0 amide bonds. The zero-order valence-electron chi connectivity index (χ0n) is 14.1. The van der Waals surface area contributed by atoms with Gasteiger partial charge >= 0.3 is 5.97 Å². The maximum absolute atomic E-state index is 12.1. The molecule has 0 aliphatic carbocycles. The minimum absolute atomic E-state index is 0.211. The molecule has 0 radical (unpaired) electrons. The van der Waals surface area contributed by atoms with Crippen molar-refractivity contribution in [3.05, 3.63) is 71.3 Å².